The lowest BCUT2D eigenvalue weighted by molar-refractivity contribution is -0.129. The Morgan fingerprint density at radius 3 is 2.55 bits per heavy atom. The van der Waals surface area contributed by atoms with Crippen LogP contribution in [0.25, 0.3) is 11.0 Å². The van der Waals surface area contributed by atoms with Crippen LogP contribution in [-0.4, -0.2) is 68.0 Å². The first kappa shape index (κ1) is 22.4. The number of rotatable bonds is 8. The molecule has 4 rings (SSSR count). The molecule has 8 nitrogen and oxygen atoms in total. The van der Waals surface area contributed by atoms with E-state index in [1.54, 1.807) is 30.3 Å². The summed E-state index contributed by atoms with van der Waals surface area (Å²) in [5.74, 6) is -0.716. The summed E-state index contributed by atoms with van der Waals surface area (Å²) in [6, 6.07) is 13.1. The van der Waals surface area contributed by atoms with Crippen molar-refractivity contribution in [3.8, 4) is 11.5 Å². The van der Waals surface area contributed by atoms with E-state index in [4.69, 9.17) is 13.9 Å². The van der Waals surface area contributed by atoms with Crippen molar-refractivity contribution in [2.45, 2.75) is 6.04 Å². The normalized spacial score (nSPS) is 16.2. The Balaban J connectivity index is 1.85. The van der Waals surface area contributed by atoms with Crippen molar-refractivity contribution >= 4 is 22.7 Å². The highest BCUT2D eigenvalue weighted by molar-refractivity contribution is 6.16. The Hall–Kier alpha value is -3.78. The van der Waals surface area contributed by atoms with Gasteiger partial charge in [0.2, 0.25) is 5.78 Å². The summed E-state index contributed by atoms with van der Waals surface area (Å²) in [7, 11) is 6.81. The van der Waals surface area contributed by atoms with Gasteiger partial charge in [0.1, 0.15) is 17.1 Å². The minimum atomic E-state index is -0.872. The van der Waals surface area contributed by atoms with Gasteiger partial charge in [-0.3, -0.25) is 9.59 Å². The zero-order valence-electron chi connectivity index (χ0n) is 19.0. The number of aliphatic hydroxyl groups excluding tert-OH is 1. The highest BCUT2D eigenvalue weighted by Crippen LogP contribution is 2.43. The van der Waals surface area contributed by atoms with Gasteiger partial charge in [0.25, 0.3) is 5.91 Å². The first-order chi connectivity index (χ1) is 15.8. The molecule has 1 atom stereocenters. The second-order valence-corrected chi connectivity index (χ2v) is 8.05. The number of likely N-dealkylation sites (N-methyl/N-ethyl adjacent to an activating group) is 1. The third-order valence-electron chi connectivity index (χ3n) is 5.72. The number of benzene rings is 2. The monoisotopic (exact) mass is 450 g/mol. The largest absolute Gasteiger partial charge is 0.503 e. The van der Waals surface area contributed by atoms with Crippen LogP contribution in [0.2, 0.25) is 0 Å². The fraction of sp³-hybridized carbons (Fsp3) is 0.280. The van der Waals surface area contributed by atoms with Gasteiger partial charge >= 0.3 is 0 Å². The van der Waals surface area contributed by atoms with E-state index in [9.17, 15) is 14.7 Å². The van der Waals surface area contributed by atoms with E-state index in [-0.39, 0.29) is 17.9 Å². The van der Waals surface area contributed by atoms with Gasteiger partial charge in [-0.25, -0.2) is 0 Å². The summed E-state index contributed by atoms with van der Waals surface area (Å²) in [5, 5.41) is 11.6. The second kappa shape index (κ2) is 8.99. The fourth-order valence-electron chi connectivity index (χ4n) is 4.03. The van der Waals surface area contributed by atoms with Gasteiger partial charge in [-0.2, -0.15) is 0 Å². The maximum absolute atomic E-state index is 13.6. The van der Waals surface area contributed by atoms with Crippen molar-refractivity contribution in [2.75, 3.05) is 41.4 Å². The third kappa shape index (κ3) is 4.05. The van der Waals surface area contributed by atoms with Gasteiger partial charge in [-0.1, -0.05) is 18.2 Å². The molecule has 3 aromatic rings. The summed E-state index contributed by atoms with van der Waals surface area (Å²) in [6.45, 7) is 0.825. The smallest absolute Gasteiger partial charge is 0.290 e. The van der Waals surface area contributed by atoms with Crippen LogP contribution >= 0.6 is 0 Å². The van der Waals surface area contributed by atoms with Crippen molar-refractivity contribution < 1.29 is 28.6 Å². The van der Waals surface area contributed by atoms with E-state index in [0.29, 0.717) is 29.2 Å². The molecule has 0 spiro atoms. The van der Waals surface area contributed by atoms with E-state index in [1.807, 2.05) is 37.2 Å². The Morgan fingerprint density at radius 1 is 1.12 bits per heavy atom. The molecule has 0 fully saturated rings. The first-order valence-corrected chi connectivity index (χ1v) is 10.5. The molecule has 1 amide bonds. The zero-order valence-corrected chi connectivity index (χ0v) is 19.0. The first-order valence-electron chi connectivity index (χ1n) is 10.5. The summed E-state index contributed by atoms with van der Waals surface area (Å²) < 4.78 is 16.7. The number of para-hydroxylation sites is 1. The Morgan fingerprint density at radius 2 is 1.88 bits per heavy atom. The molecule has 0 saturated heterocycles. The maximum atomic E-state index is 13.6. The summed E-state index contributed by atoms with van der Waals surface area (Å²) in [4.78, 5) is 30.1. The third-order valence-corrected chi connectivity index (χ3v) is 5.72. The number of methoxy groups -OCH3 is 2. The molecule has 0 bridgehead atoms. The zero-order chi connectivity index (χ0) is 23.7. The number of ether oxygens (including phenoxy) is 2. The molecule has 2 heterocycles. The number of carbonyl (C=O) groups excluding carboxylic acids is 2. The maximum Gasteiger partial charge on any atom is 0.290 e. The number of hydrogen-bond acceptors (Lipinski definition) is 7. The Bertz CT molecular complexity index is 1210. The lowest BCUT2D eigenvalue weighted by Gasteiger charge is -2.29. The molecule has 8 heteroatoms. The van der Waals surface area contributed by atoms with Crippen molar-refractivity contribution in [2.24, 2.45) is 0 Å². The highest BCUT2D eigenvalue weighted by atomic mass is 16.5. The summed E-state index contributed by atoms with van der Waals surface area (Å²) >= 11 is 0. The SMILES string of the molecule is COc1ccc(OC)c([C@@H]2C(C(=O)c3cc4ccccc4o3)=C(O)C(=O)N2CCN(C)C)c1. The molecule has 0 aliphatic carbocycles. The molecular formula is C25H26N2O6. The van der Waals surface area contributed by atoms with Crippen LogP contribution in [0, 0.1) is 0 Å². The van der Waals surface area contributed by atoms with E-state index in [2.05, 4.69) is 0 Å². The Kier molecular flexibility index (Phi) is 6.11. The van der Waals surface area contributed by atoms with Crippen molar-refractivity contribution in [1.82, 2.24) is 9.80 Å². The molecule has 172 valence electrons. The number of aliphatic hydroxyl groups is 1. The van der Waals surface area contributed by atoms with E-state index < -0.39 is 23.5 Å². The van der Waals surface area contributed by atoms with Crippen LogP contribution < -0.4 is 9.47 Å². The van der Waals surface area contributed by atoms with Gasteiger partial charge < -0.3 is 28.8 Å². The topological polar surface area (TPSA) is 92.4 Å². The fourth-order valence-corrected chi connectivity index (χ4v) is 4.03. The highest BCUT2D eigenvalue weighted by Gasteiger charge is 2.45. The summed E-state index contributed by atoms with van der Waals surface area (Å²) in [5.41, 5.74) is 1.03. The number of furan rings is 1. The molecule has 0 radical (unpaired) electrons. The van der Waals surface area contributed by atoms with Crippen LogP contribution in [0.1, 0.15) is 22.2 Å². The molecule has 1 aliphatic heterocycles. The quantitative estimate of drug-likeness (QED) is 0.524. The second-order valence-electron chi connectivity index (χ2n) is 8.05. The molecule has 1 N–H and O–H groups in total. The number of ketones is 1. The standard InChI is InChI=1S/C25H26N2O6/c1-26(2)11-12-27-22(17-14-16(31-3)9-10-19(17)32-4)21(24(29)25(27)30)23(28)20-13-15-7-5-6-8-18(15)33-20/h5-10,13-14,22,29H,11-12H2,1-4H3/t22-/m1/s1. The van der Waals surface area contributed by atoms with Crippen LogP contribution in [0.4, 0.5) is 0 Å². The average molecular weight is 450 g/mol. The minimum Gasteiger partial charge on any atom is -0.503 e. The molecular weight excluding hydrogens is 424 g/mol. The number of amides is 1. The Labute approximate surface area is 191 Å². The number of carbonyl (C=O) groups is 2. The molecule has 2 aromatic carbocycles. The van der Waals surface area contributed by atoms with Crippen molar-refractivity contribution in [1.29, 1.82) is 0 Å². The van der Waals surface area contributed by atoms with E-state index in [0.717, 1.165) is 5.39 Å². The van der Waals surface area contributed by atoms with Crippen molar-refractivity contribution in [3.63, 3.8) is 0 Å². The average Bonchev–Trinajstić information content (AvgIpc) is 3.36. The van der Waals surface area contributed by atoms with Gasteiger partial charge in [0.15, 0.2) is 11.5 Å². The predicted molar refractivity (Wildman–Crippen MR) is 123 cm³/mol. The molecule has 1 aromatic heterocycles. The van der Waals surface area contributed by atoms with Crippen LogP contribution in [0.15, 0.2) is 64.3 Å². The lowest BCUT2D eigenvalue weighted by atomic mass is 9.94. The van der Waals surface area contributed by atoms with Gasteiger partial charge in [-0.05, 0) is 44.4 Å². The van der Waals surface area contributed by atoms with Gasteiger partial charge in [0.05, 0.1) is 25.8 Å². The molecule has 33 heavy (non-hydrogen) atoms. The van der Waals surface area contributed by atoms with Gasteiger partial charge in [0, 0.05) is 24.0 Å². The van der Waals surface area contributed by atoms with Gasteiger partial charge in [-0.15, -0.1) is 0 Å². The van der Waals surface area contributed by atoms with Crippen LogP contribution in [-0.2, 0) is 4.79 Å². The summed E-state index contributed by atoms with van der Waals surface area (Å²) in [6.07, 6.45) is 0. The van der Waals surface area contributed by atoms with E-state index >= 15 is 0 Å². The number of Topliss-reactive ketones (excluding diaryl/α,β-unsaturated/α-hetero) is 1. The molecule has 1 aliphatic rings. The molecule has 0 unspecified atom stereocenters. The van der Waals surface area contributed by atoms with Crippen molar-refractivity contribution in [3.05, 3.63) is 71.2 Å². The van der Waals surface area contributed by atoms with E-state index in [1.165, 1.54) is 19.1 Å². The number of fused-ring (bicyclic) bond motifs is 1. The predicted octanol–water partition coefficient (Wildman–Crippen LogP) is 3.59. The number of nitrogens with zero attached hydrogens (tertiary/aromatic N) is 2. The van der Waals surface area contributed by atoms with Crippen LogP contribution in [0.3, 0.4) is 0 Å². The molecule has 0 saturated carbocycles. The lowest BCUT2D eigenvalue weighted by Crippen LogP contribution is -2.36. The minimum absolute atomic E-state index is 0.0480. The van der Waals surface area contributed by atoms with Crippen LogP contribution in [0.5, 0.6) is 11.5 Å². The number of hydrogen-bond donors (Lipinski definition) is 1.